The van der Waals surface area contributed by atoms with Gasteiger partial charge < -0.3 is 4.74 Å². The number of Topliss-reactive ketones (excluding diaryl/α,β-unsaturated/α-hetero) is 1. The Morgan fingerprint density at radius 3 is 2.47 bits per heavy atom. The number of rotatable bonds is 4. The number of aromatic amines is 1. The number of aromatic nitrogens is 2. The second-order valence-corrected chi connectivity index (χ2v) is 8.15. The van der Waals surface area contributed by atoms with E-state index in [0.29, 0.717) is 18.5 Å². The van der Waals surface area contributed by atoms with Crippen molar-refractivity contribution >= 4 is 23.4 Å². The van der Waals surface area contributed by atoms with Crippen molar-refractivity contribution in [3.05, 3.63) is 74.9 Å². The third kappa shape index (κ3) is 4.06. The van der Waals surface area contributed by atoms with Crippen LogP contribution in [-0.2, 0) is 17.3 Å². The molecule has 0 radical (unpaired) electrons. The Kier molecular flexibility index (Phi) is 6.20. The van der Waals surface area contributed by atoms with Crippen LogP contribution in [0.5, 0.6) is 0 Å². The highest BCUT2D eigenvalue weighted by molar-refractivity contribution is 6.34. The van der Waals surface area contributed by atoms with Crippen LogP contribution in [0.25, 0.3) is 11.3 Å². The van der Waals surface area contributed by atoms with E-state index in [0.717, 1.165) is 31.4 Å². The van der Waals surface area contributed by atoms with E-state index in [2.05, 4.69) is 14.9 Å². The number of methoxy groups -OCH3 is 1. The number of benzene rings is 2. The minimum Gasteiger partial charge on any atom is -0.465 e. The van der Waals surface area contributed by atoms with Gasteiger partial charge in [-0.2, -0.15) is 18.3 Å². The highest BCUT2D eigenvalue weighted by Crippen LogP contribution is 2.44. The molecule has 1 aliphatic carbocycles. The first-order valence-electron chi connectivity index (χ1n) is 10.1. The molecule has 1 unspecified atom stereocenters. The number of carbonyl (C=O) groups is 2. The molecule has 0 aliphatic heterocycles. The van der Waals surface area contributed by atoms with Gasteiger partial charge in [0.05, 0.1) is 34.7 Å². The topological polar surface area (TPSA) is 72.0 Å². The van der Waals surface area contributed by atoms with E-state index in [1.54, 1.807) is 0 Å². The summed E-state index contributed by atoms with van der Waals surface area (Å²) in [5.41, 5.74) is -2.64. The monoisotopic (exact) mass is 498 g/mol. The van der Waals surface area contributed by atoms with Crippen molar-refractivity contribution in [1.29, 1.82) is 0 Å². The maximum atomic E-state index is 14.9. The molecule has 34 heavy (non-hydrogen) atoms. The normalized spacial score (nSPS) is 15.7. The van der Waals surface area contributed by atoms with E-state index in [9.17, 15) is 31.5 Å². The average Bonchev–Trinajstić information content (AvgIpc) is 3.20. The molecule has 0 saturated carbocycles. The lowest BCUT2D eigenvalue weighted by Gasteiger charge is -2.24. The third-order valence-electron chi connectivity index (χ3n) is 5.73. The molecule has 5 nitrogen and oxygen atoms in total. The maximum Gasteiger partial charge on any atom is 0.417 e. The zero-order valence-electron chi connectivity index (χ0n) is 17.5. The highest BCUT2D eigenvalue weighted by Gasteiger charge is 2.40. The van der Waals surface area contributed by atoms with E-state index in [-0.39, 0.29) is 28.3 Å². The molecule has 3 aromatic rings. The second kappa shape index (κ2) is 8.83. The van der Waals surface area contributed by atoms with E-state index in [1.165, 1.54) is 6.07 Å². The summed E-state index contributed by atoms with van der Waals surface area (Å²) in [5, 5.41) is 6.24. The number of nitrogens with one attached hydrogen (secondary N) is 1. The Bertz CT molecular complexity index is 1280. The van der Waals surface area contributed by atoms with E-state index in [1.807, 2.05) is 0 Å². The first-order chi connectivity index (χ1) is 16.0. The summed E-state index contributed by atoms with van der Waals surface area (Å²) in [6, 6.07) is 4.55. The fourth-order valence-electron chi connectivity index (χ4n) is 4.25. The lowest BCUT2D eigenvalue weighted by atomic mass is 9.78. The molecule has 0 amide bonds. The standard InChI is InChI=1S/C23H16ClF5N2O3/c1-34-22(33)10-8-14(25)19(15(26)9-10)20-17-11(4-2-7-16(17)30-31-20)21(32)18-12(23(27,28)29)5-3-6-13(18)24/h3,5-6,8-9,11H,2,4,7H2,1H3,(H,30,31). The van der Waals surface area contributed by atoms with Crippen molar-refractivity contribution in [1.82, 2.24) is 10.2 Å². The zero-order chi connectivity index (χ0) is 24.8. The summed E-state index contributed by atoms with van der Waals surface area (Å²) in [7, 11) is 1.05. The Labute approximate surface area is 194 Å². The van der Waals surface area contributed by atoms with Crippen LogP contribution < -0.4 is 0 Å². The number of carbonyl (C=O) groups excluding carboxylic acids is 2. The van der Waals surface area contributed by atoms with Crippen LogP contribution in [0.4, 0.5) is 22.0 Å². The number of H-pyrrole nitrogens is 1. The second-order valence-electron chi connectivity index (χ2n) is 7.74. The van der Waals surface area contributed by atoms with Crippen LogP contribution in [0.3, 0.4) is 0 Å². The Morgan fingerprint density at radius 1 is 1.18 bits per heavy atom. The van der Waals surface area contributed by atoms with Gasteiger partial charge in [0, 0.05) is 16.8 Å². The van der Waals surface area contributed by atoms with Gasteiger partial charge in [-0.1, -0.05) is 17.7 Å². The smallest absolute Gasteiger partial charge is 0.417 e. The fourth-order valence-corrected chi connectivity index (χ4v) is 4.52. The predicted octanol–water partition coefficient (Wildman–Crippen LogP) is 6.12. The number of hydrogen-bond acceptors (Lipinski definition) is 4. The highest BCUT2D eigenvalue weighted by atomic mass is 35.5. The van der Waals surface area contributed by atoms with Gasteiger partial charge in [-0.15, -0.1) is 0 Å². The number of nitrogens with zero attached hydrogens (tertiary/aromatic N) is 1. The summed E-state index contributed by atoms with van der Waals surface area (Å²) in [6.45, 7) is 0. The van der Waals surface area contributed by atoms with E-state index in [4.69, 9.17) is 11.6 Å². The average molecular weight is 499 g/mol. The van der Waals surface area contributed by atoms with Crippen molar-refractivity contribution in [2.24, 2.45) is 0 Å². The summed E-state index contributed by atoms with van der Waals surface area (Å²) < 4.78 is 75.1. The van der Waals surface area contributed by atoms with Crippen LogP contribution in [0.2, 0.25) is 5.02 Å². The molecule has 0 fully saturated rings. The minimum absolute atomic E-state index is 0.105. The summed E-state index contributed by atoms with van der Waals surface area (Å²) in [6.07, 6.45) is -3.90. The molecule has 0 spiro atoms. The van der Waals surface area contributed by atoms with Gasteiger partial charge in [0.1, 0.15) is 17.3 Å². The number of hydrogen-bond donors (Lipinski definition) is 1. The van der Waals surface area contributed by atoms with Gasteiger partial charge in [-0.3, -0.25) is 9.89 Å². The van der Waals surface area contributed by atoms with Crippen molar-refractivity contribution < 1.29 is 36.3 Å². The molecule has 1 aliphatic rings. The van der Waals surface area contributed by atoms with Gasteiger partial charge in [0.2, 0.25) is 0 Å². The molecular weight excluding hydrogens is 483 g/mol. The number of aryl methyl sites for hydroxylation is 1. The molecule has 0 bridgehead atoms. The fraction of sp³-hybridized carbons (Fsp3) is 0.261. The van der Waals surface area contributed by atoms with Gasteiger partial charge in [0.15, 0.2) is 5.78 Å². The molecule has 1 N–H and O–H groups in total. The molecule has 178 valence electrons. The van der Waals surface area contributed by atoms with Crippen LogP contribution in [0.1, 0.15) is 56.3 Å². The number of alkyl halides is 3. The number of ether oxygens (including phenoxy) is 1. The third-order valence-corrected chi connectivity index (χ3v) is 6.05. The van der Waals surface area contributed by atoms with Crippen LogP contribution in [0.15, 0.2) is 30.3 Å². The number of ketones is 1. The SMILES string of the molecule is COC(=O)c1cc(F)c(-c2n[nH]c3c2C(C(=O)c2c(Cl)cccc2C(F)(F)F)CCC3)c(F)c1. The molecule has 1 heterocycles. The molecule has 2 aromatic carbocycles. The van der Waals surface area contributed by atoms with Crippen molar-refractivity contribution in [2.45, 2.75) is 31.4 Å². The molecule has 0 saturated heterocycles. The Morgan fingerprint density at radius 2 is 1.85 bits per heavy atom. The maximum absolute atomic E-state index is 14.9. The number of halogens is 6. The van der Waals surface area contributed by atoms with Gasteiger partial charge >= 0.3 is 12.1 Å². The Hall–Kier alpha value is -3.27. The summed E-state index contributed by atoms with van der Waals surface area (Å²) in [5.74, 6) is -5.33. The van der Waals surface area contributed by atoms with Crippen molar-refractivity contribution in [2.75, 3.05) is 7.11 Å². The number of fused-ring (bicyclic) bond motifs is 1. The molecule has 1 atom stereocenters. The van der Waals surface area contributed by atoms with Gasteiger partial charge in [0.25, 0.3) is 0 Å². The summed E-state index contributed by atoms with van der Waals surface area (Å²) >= 11 is 6.01. The summed E-state index contributed by atoms with van der Waals surface area (Å²) in [4.78, 5) is 25.1. The van der Waals surface area contributed by atoms with Crippen molar-refractivity contribution in [3.8, 4) is 11.3 Å². The first-order valence-corrected chi connectivity index (χ1v) is 10.5. The molecular formula is C23H16ClF5N2O3. The minimum atomic E-state index is -4.84. The first kappa shape index (κ1) is 23.9. The molecule has 11 heteroatoms. The molecule has 4 rings (SSSR count). The van der Waals surface area contributed by atoms with E-state index < -0.39 is 52.2 Å². The lowest BCUT2D eigenvalue weighted by molar-refractivity contribution is -0.137. The van der Waals surface area contributed by atoms with Crippen LogP contribution >= 0.6 is 11.6 Å². The quantitative estimate of drug-likeness (QED) is 0.267. The van der Waals surface area contributed by atoms with Crippen LogP contribution in [-0.4, -0.2) is 29.1 Å². The predicted molar refractivity (Wildman–Crippen MR) is 112 cm³/mol. The van der Waals surface area contributed by atoms with Crippen molar-refractivity contribution in [3.63, 3.8) is 0 Å². The largest absolute Gasteiger partial charge is 0.465 e. The van der Waals surface area contributed by atoms with E-state index >= 15 is 0 Å². The lowest BCUT2D eigenvalue weighted by Crippen LogP contribution is -2.22. The number of esters is 1. The zero-order valence-corrected chi connectivity index (χ0v) is 18.3. The molecule has 1 aromatic heterocycles. The van der Waals surface area contributed by atoms with Crippen LogP contribution in [0, 0.1) is 11.6 Å². The Balaban J connectivity index is 1.86. The van der Waals surface area contributed by atoms with Gasteiger partial charge in [-0.05, 0) is 43.5 Å². The van der Waals surface area contributed by atoms with Gasteiger partial charge in [-0.25, -0.2) is 13.6 Å².